The Hall–Kier alpha value is -0.340. The SMILES string of the molecule is CNC(c1cc(C)sc1C)C1C2CCCC21. The first-order valence-corrected chi connectivity index (χ1v) is 7.28. The molecule has 1 nitrogen and oxygen atoms in total. The average Bonchev–Trinajstić information content (AvgIpc) is 2.63. The monoisotopic (exact) mass is 235 g/mol. The van der Waals surface area contributed by atoms with Crippen molar-refractivity contribution in [2.24, 2.45) is 17.8 Å². The van der Waals surface area contributed by atoms with Gasteiger partial charge in [-0.15, -0.1) is 11.3 Å². The maximum Gasteiger partial charge on any atom is 0.0362 e. The lowest BCUT2D eigenvalue weighted by molar-refractivity contribution is 0.444. The molecule has 0 amide bonds. The number of hydrogen-bond acceptors (Lipinski definition) is 2. The number of thiophene rings is 1. The first-order chi connectivity index (χ1) is 7.72. The Morgan fingerprint density at radius 1 is 1.31 bits per heavy atom. The molecule has 1 aromatic rings. The van der Waals surface area contributed by atoms with Crippen molar-refractivity contribution in [3.05, 3.63) is 21.4 Å². The topological polar surface area (TPSA) is 12.0 Å². The standard InChI is InChI=1S/C14H21NS/c1-8-7-12(9(2)16-8)14(15-3)13-10-5-4-6-11(10)13/h7,10-11,13-15H,4-6H2,1-3H3. The molecule has 2 saturated carbocycles. The van der Waals surface area contributed by atoms with Crippen LogP contribution in [-0.2, 0) is 0 Å². The predicted octanol–water partition coefficient (Wildman–Crippen LogP) is 3.67. The van der Waals surface area contributed by atoms with Crippen LogP contribution in [0.5, 0.6) is 0 Å². The van der Waals surface area contributed by atoms with Crippen LogP contribution in [0.4, 0.5) is 0 Å². The molecule has 3 unspecified atom stereocenters. The molecule has 0 aliphatic heterocycles. The molecular formula is C14H21NS. The van der Waals surface area contributed by atoms with E-state index >= 15 is 0 Å². The fraction of sp³-hybridized carbons (Fsp3) is 0.714. The summed E-state index contributed by atoms with van der Waals surface area (Å²) in [7, 11) is 2.13. The average molecular weight is 235 g/mol. The molecule has 2 aliphatic carbocycles. The highest BCUT2D eigenvalue weighted by Gasteiger charge is 2.55. The van der Waals surface area contributed by atoms with E-state index in [0.717, 1.165) is 17.8 Å². The van der Waals surface area contributed by atoms with Crippen molar-refractivity contribution in [3.63, 3.8) is 0 Å². The van der Waals surface area contributed by atoms with Gasteiger partial charge in [0.25, 0.3) is 0 Å². The van der Waals surface area contributed by atoms with Crippen LogP contribution in [0.2, 0.25) is 0 Å². The minimum atomic E-state index is 0.625. The zero-order valence-corrected chi connectivity index (χ0v) is 11.2. The Bertz CT molecular complexity index is 385. The molecule has 1 aromatic heterocycles. The Morgan fingerprint density at radius 3 is 2.50 bits per heavy atom. The van der Waals surface area contributed by atoms with E-state index in [-0.39, 0.29) is 0 Å². The summed E-state index contributed by atoms with van der Waals surface area (Å²) in [6.07, 6.45) is 4.44. The molecular weight excluding hydrogens is 214 g/mol. The lowest BCUT2D eigenvalue weighted by Gasteiger charge is -2.18. The van der Waals surface area contributed by atoms with Crippen molar-refractivity contribution in [3.8, 4) is 0 Å². The lowest BCUT2D eigenvalue weighted by Crippen LogP contribution is -2.20. The molecule has 16 heavy (non-hydrogen) atoms. The van der Waals surface area contributed by atoms with Gasteiger partial charge in [0.15, 0.2) is 0 Å². The van der Waals surface area contributed by atoms with Crippen LogP contribution in [0, 0.1) is 31.6 Å². The van der Waals surface area contributed by atoms with Crippen LogP contribution in [-0.4, -0.2) is 7.05 Å². The minimum Gasteiger partial charge on any atom is -0.313 e. The molecule has 0 radical (unpaired) electrons. The summed E-state index contributed by atoms with van der Waals surface area (Å²) >= 11 is 1.95. The maximum atomic E-state index is 3.57. The van der Waals surface area contributed by atoms with Gasteiger partial charge in [-0.3, -0.25) is 0 Å². The van der Waals surface area contributed by atoms with Crippen molar-refractivity contribution in [2.45, 2.75) is 39.2 Å². The number of nitrogens with one attached hydrogen (secondary N) is 1. The van der Waals surface area contributed by atoms with Gasteiger partial charge >= 0.3 is 0 Å². The first kappa shape index (κ1) is 10.8. The van der Waals surface area contributed by atoms with Gasteiger partial charge in [-0.05, 0) is 63.1 Å². The number of hydrogen-bond donors (Lipinski definition) is 1. The van der Waals surface area contributed by atoms with E-state index in [4.69, 9.17) is 0 Å². The second-order valence-electron chi connectivity index (χ2n) is 5.47. The lowest BCUT2D eigenvalue weighted by atomic mass is 9.97. The van der Waals surface area contributed by atoms with Gasteiger partial charge in [-0.25, -0.2) is 0 Å². The Morgan fingerprint density at radius 2 is 2.00 bits per heavy atom. The van der Waals surface area contributed by atoms with Crippen LogP contribution in [0.1, 0.15) is 40.6 Å². The van der Waals surface area contributed by atoms with Crippen LogP contribution < -0.4 is 5.32 Å². The van der Waals surface area contributed by atoms with E-state index in [0.29, 0.717) is 6.04 Å². The van der Waals surface area contributed by atoms with Crippen molar-refractivity contribution < 1.29 is 0 Å². The summed E-state index contributed by atoms with van der Waals surface area (Å²) in [5.41, 5.74) is 1.57. The van der Waals surface area contributed by atoms with Crippen molar-refractivity contribution >= 4 is 11.3 Å². The molecule has 0 saturated heterocycles. The summed E-state index contributed by atoms with van der Waals surface area (Å²) in [5, 5.41) is 3.57. The van der Waals surface area contributed by atoms with Crippen molar-refractivity contribution in [2.75, 3.05) is 7.05 Å². The molecule has 2 heteroatoms. The highest BCUT2D eigenvalue weighted by molar-refractivity contribution is 7.12. The fourth-order valence-corrected chi connectivity index (χ4v) is 4.86. The van der Waals surface area contributed by atoms with Crippen LogP contribution in [0.15, 0.2) is 6.07 Å². The molecule has 3 atom stereocenters. The van der Waals surface area contributed by atoms with Crippen LogP contribution >= 0.6 is 11.3 Å². The van der Waals surface area contributed by atoms with Gasteiger partial charge < -0.3 is 5.32 Å². The van der Waals surface area contributed by atoms with E-state index in [9.17, 15) is 0 Å². The molecule has 2 aliphatic rings. The fourth-order valence-electron chi connectivity index (χ4n) is 3.89. The van der Waals surface area contributed by atoms with Crippen molar-refractivity contribution in [1.82, 2.24) is 5.32 Å². The molecule has 0 bridgehead atoms. The summed E-state index contributed by atoms with van der Waals surface area (Å²) < 4.78 is 0. The molecule has 0 aromatic carbocycles. The molecule has 0 spiro atoms. The van der Waals surface area contributed by atoms with Gasteiger partial charge in [0, 0.05) is 15.8 Å². The Balaban J connectivity index is 1.84. The minimum absolute atomic E-state index is 0.625. The van der Waals surface area contributed by atoms with Crippen molar-refractivity contribution in [1.29, 1.82) is 0 Å². The summed E-state index contributed by atoms with van der Waals surface area (Å²) in [6, 6.07) is 3.02. The largest absolute Gasteiger partial charge is 0.313 e. The molecule has 1 heterocycles. The highest BCUT2D eigenvalue weighted by Crippen LogP contribution is 2.62. The zero-order chi connectivity index (χ0) is 11.3. The molecule has 2 fully saturated rings. The number of aryl methyl sites for hydroxylation is 2. The Kier molecular flexibility index (Phi) is 2.60. The van der Waals surface area contributed by atoms with Gasteiger partial charge in [0.1, 0.15) is 0 Å². The predicted molar refractivity (Wildman–Crippen MR) is 69.9 cm³/mol. The van der Waals surface area contributed by atoms with E-state index in [2.05, 4.69) is 32.3 Å². The summed E-state index contributed by atoms with van der Waals surface area (Å²) in [6.45, 7) is 4.50. The third-order valence-corrected chi connectivity index (χ3v) is 5.56. The third-order valence-electron chi connectivity index (χ3n) is 4.58. The third kappa shape index (κ3) is 1.54. The number of rotatable bonds is 3. The van der Waals surface area contributed by atoms with Crippen LogP contribution in [0.3, 0.4) is 0 Å². The maximum absolute atomic E-state index is 3.57. The van der Waals surface area contributed by atoms with Gasteiger partial charge in [0.05, 0.1) is 0 Å². The van der Waals surface area contributed by atoms with Gasteiger partial charge in [-0.1, -0.05) is 6.42 Å². The number of fused-ring (bicyclic) bond motifs is 1. The second-order valence-corrected chi connectivity index (χ2v) is 6.93. The van der Waals surface area contributed by atoms with E-state index in [1.54, 1.807) is 5.56 Å². The quantitative estimate of drug-likeness (QED) is 0.843. The van der Waals surface area contributed by atoms with E-state index in [1.807, 2.05) is 11.3 Å². The van der Waals surface area contributed by atoms with E-state index < -0.39 is 0 Å². The second kappa shape index (κ2) is 3.85. The summed E-state index contributed by atoms with van der Waals surface area (Å²) in [5.74, 6) is 3.01. The molecule has 1 N–H and O–H groups in total. The molecule has 88 valence electrons. The zero-order valence-electron chi connectivity index (χ0n) is 10.4. The summed E-state index contributed by atoms with van der Waals surface area (Å²) in [4.78, 5) is 2.97. The van der Waals surface area contributed by atoms with Gasteiger partial charge in [-0.2, -0.15) is 0 Å². The highest BCUT2D eigenvalue weighted by atomic mass is 32.1. The smallest absolute Gasteiger partial charge is 0.0362 e. The van der Waals surface area contributed by atoms with E-state index in [1.165, 1.54) is 29.0 Å². The first-order valence-electron chi connectivity index (χ1n) is 6.46. The Labute approximate surface area is 102 Å². The van der Waals surface area contributed by atoms with Crippen LogP contribution in [0.25, 0.3) is 0 Å². The normalized spacial score (nSPS) is 33.8. The molecule has 3 rings (SSSR count). The van der Waals surface area contributed by atoms with Gasteiger partial charge in [0.2, 0.25) is 0 Å².